The topological polar surface area (TPSA) is 46.9 Å². The second-order valence-corrected chi connectivity index (χ2v) is 6.64. The Morgan fingerprint density at radius 2 is 1.80 bits per heavy atom. The Hall–Kier alpha value is -2.88. The number of rotatable bonds is 3. The molecular formula is C21H21N3O. The van der Waals surface area contributed by atoms with Crippen LogP contribution in [0, 0.1) is 13.8 Å². The van der Waals surface area contributed by atoms with Gasteiger partial charge in [-0.25, -0.2) is 4.68 Å². The maximum Gasteiger partial charge on any atom is 0.276 e. The number of fused-ring (bicyclic) bond motifs is 1. The van der Waals surface area contributed by atoms with Crippen LogP contribution >= 0.6 is 0 Å². The number of nitrogens with zero attached hydrogens (tertiary/aromatic N) is 2. The summed E-state index contributed by atoms with van der Waals surface area (Å²) < 4.78 is 1.94. The molecule has 4 rings (SSSR count). The summed E-state index contributed by atoms with van der Waals surface area (Å²) in [5, 5.41) is 7.68. The minimum Gasteiger partial charge on any atom is -0.320 e. The summed E-state index contributed by atoms with van der Waals surface area (Å²) in [6.45, 7) is 4.06. The van der Waals surface area contributed by atoms with E-state index in [1.54, 1.807) is 0 Å². The van der Waals surface area contributed by atoms with E-state index in [0.29, 0.717) is 5.69 Å². The van der Waals surface area contributed by atoms with Crippen LogP contribution in [0.25, 0.3) is 5.69 Å². The van der Waals surface area contributed by atoms with Gasteiger partial charge in [0.15, 0.2) is 5.69 Å². The van der Waals surface area contributed by atoms with Gasteiger partial charge in [0.1, 0.15) is 0 Å². The molecule has 0 saturated heterocycles. The second-order valence-electron chi connectivity index (χ2n) is 6.64. The normalized spacial score (nSPS) is 12.9. The van der Waals surface area contributed by atoms with E-state index in [2.05, 4.69) is 41.6 Å². The van der Waals surface area contributed by atoms with Crippen LogP contribution in [-0.4, -0.2) is 15.7 Å². The van der Waals surface area contributed by atoms with E-state index >= 15 is 0 Å². The lowest BCUT2D eigenvalue weighted by Crippen LogP contribution is -2.15. The van der Waals surface area contributed by atoms with E-state index in [1.165, 1.54) is 11.3 Å². The number of amides is 1. The van der Waals surface area contributed by atoms with Crippen molar-refractivity contribution >= 4 is 11.6 Å². The standard InChI is InChI=1S/C21H21N3O/c1-14-10-12-16(13-11-14)24-19-9-5-7-17(19)20(23-24)21(25)22-18-8-4-3-6-15(18)2/h3-4,6,8,10-13H,5,7,9H2,1-2H3,(H,22,25). The highest BCUT2D eigenvalue weighted by atomic mass is 16.2. The fourth-order valence-electron chi connectivity index (χ4n) is 3.41. The summed E-state index contributed by atoms with van der Waals surface area (Å²) in [4.78, 5) is 12.8. The minimum atomic E-state index is -0.127. The van der Waals surface area contributed by atoms with Gasteiger partial charge in [0, 0.05) is 16.9 Å². The van der Waals surface area contributed by atoms with Crippen molar-refractivity contribution in [3.05, 3.63) is 76.6 Å². The fraction of sp³-hybridized carbons (Fsp3) is 0.238. The molecule has 25 heavy (non-hydrogen) atoms. The van der Waals surface area contributed by atoms with Crippen molar-refractivity contribution in [2.24, 2.45) is 0 Å². The molecule has 1 aromatic heterocycles. The lowest BCUT2D eigenvalue weighted by atomic mass is 10.1. The van der Waals surface area contributed by atoms with Gasteiger partial charge >= 0.3 is 0 Å². The van der Waals surface area contributed by atoms with E-state index in [4.69, 9.17) is 0 Å². The smallest absolute Gasteiger partial charge is 0.276 e. The van der Waals surface area contributed by atoms with Gasteiger partial charge in [0.05, 0.1) is 5.69 Å². The number of benzene rings is 2. The fourth-order valence-corrected chi connectivity index (χ4v) is 3.41. The third-order valence-corrected chi connectivity index (χ3v) is 4.82. The molecule has 1 N–H and O–H groups in total. The van der Waals surface area contributed by atoms with Crippen LogP contribution in [0.1, 0.15) is 39.3 Å². The number of hydrogen-bond acceptors (Lipinski definition) is 2. The Morgan fingerprint density at radius 3 is 2.56 bits per heavy atom. The van der Waals surface area contributed by atoms with Crippen molar-refractivity contribution < 1.29 is 4.79 Å². The number of anilines is 1. The van der Waals surface area contributed by atoms with Crippen molar-refractivity contribution in [1.29, 1.82) is 0 Å². The van der Waals surface area contributed by atoms with E-state index < -0.39 is 0 Å². The highest BCUT2D eigenvalue weighted by Gasteiger charge is 2.27. The number of nitrogens with one attached hydrogen (secondary N) is 1. The molecule has 0 aliphatic heterocycles. The van der Waals surface area contributed by atoms with Gasteiger partial charge in [0.2, 0.25) is 0 Å². The van der Waals surface area contributed by atoms with Gasteiger partial charge in [-0.2, -0.15) is 5.10 Å². The summed E-state index contributed by atoms with van der Waals surface area (Å²) in [5.41, 5.74) is 6.92. The number of para-hydroxylation sites is 1. The first-order valence-corrected chi connectivity index (χ1v) is 8.68. The second kappa shape index (κ2) is 6.20. The molecule has 0 fully saturated rings. The zero-order valence-corrected chi connectivity index (χ0v) is 14.5. The van der Waals surface area contributed by atoms with Crippen LogP contribution < -0.4 is 5.32 Å². The molecule has 1 heterocycles. The first-order chi connectivity index (χ1) is 12.1. The molecule has 1 aliphatic rings. The van der Waals surface area contributed by atoms with Crippen LogP contribution in [0.3, 0.4) is 0 Å². The van der Waals surface area contributed by atoms with E-state index in [9.17, 15) is 4.79 Å². The minimum absolute atomic E-state index is 0.127. The number of carbonyl (C=O) groups is 1. The monoisotopic (exact) mass is 331 g/mol. The molecule has 0 bridgehead atoms. The Balaban J connectivity index is 1.71. The zero-order chi connectivity index (χ0) is 17.4. The maximum atomic E-state index is 12.8. The van der Waals surface area contributed by atoms with Gasteiger partial charge in [0.25, 0.3) is 5.91 Å². The van der Waals surface area contributed by atoms with Gasteiger partial charge in [-0.05, 0) is 56.9 Å². The van der Waals surface area contributed by atoms with Crippen LogP contribution in [-0.2, 0) is 12.8 Å². The quantitative estimate of drug-likeness (QED) is 0.781. The highest BCUT2D eigenvalue weighted by Crippen LogP contribution is 2.28. The van der Waals surface area contributed by atoms with Gasteiger partial charge in [-0.3, -0.25) is 4.79 Å². The summed E-state index contributed by atoms with van der Waals surface area (Å²) in [6, 6.07) is 16.1. The molecule has 4 heteroatoms. The van der Waals surface area contributed by atoms with Gasteiger partial charge in [-0.15, -0.1) is 0 Å². The van der Waals surface area contributed by atoms with E-state index in [0.717, 1.165) is 41.8 Å². The van der Waals surface area contributed by atoms with E-state index in [1.807, 2.05) is 35.9 Å². The third kappa shape index (κ3) is 2.84. The lowest BCUT2D eigenvalue weighted by molar-refractivity contribution is 0.102. The first kappa shape index (κ1) is 15.6. The SMILES string of the molecule is Cc1ccc(-n2nc(C(=O)Nc3ccccc3C)c3c2CCC3)cc1. The van der Waals surface area contributed by atoms with Gasteiger partial charge < -0.3 is 5.32 Å². The molecule has 1 amide bonds. The molecule has 126 valence electrons. The Bertz CT molecular complexity index is 938. The van der Waals surface area contributed by atoms with Crippen LogP contribution in [0.5, 0.6) is 0 Å². The average Bonchev–Trinajstić information content (AvgIpc) is 3.20. The largest absolute Gasteiger partial charge is 0.320 e. The summed E-state index contributed by atoms with van der Waals surface area (Å²) >= 11 is 0. The van der Waals surface area contributed by atoms with Crippen LogP contribution in [0.2, 0.25) is 0 Å². The lowest BCUT2D eigenvalue weighted by Gasteiger charge is -2.07. The number of carbonyl (C=O) groups excluding carboxylic acids is 1. The molecule has 1 aliphatic carbocycles. The number of aromatic nitrogens is 2. The van der Waals surface area contributed by atoms with Gasteiger partial charge in [-0.1, -0.05) is 35.9 Å². The zero-order valence-electron chi connectivity index (χ0n) is 14.5. The molecular weight excluding hydrogens is 310 g/mol. The molecule has 4 nitrogen and oxygen atoms in total. The first-order valence-electron chi connectivity index (χ1n) is 8.68. The number of hydrogen-bond donors (Lipinski definition) is 1. The maximum absolute atomic E-state index is 12.8. The molecule has 0 radical (unpaired) electrons. The number of aryl methyl sites for hydroxylation is 2. The van der Waals surface area contributed by atoms with Crippen molar-refractivity contribution in [2.45, 2.75) is 33.1 Å². The molecule has 2 aromatic carbocycles. The van der Waals surface area contributed by atoms with Crippen molar-refractivity contribution in [3.63, 3.8) is 0 Å². The average molecular weight is 331 g/mol. The van der Waals surface area contributed by atoms with Crippen LogP contribution in [0.15, 0.2) is 48.5 Å². The van der Waals surface area contributed by atoms with Crippen LogP contribution in [0.4, 0.5) is 5.69 Å². The molecule has 0 spiro atoms. The van der Waals surface area contributed by atoms with Crippen molar-refractivity contribution in [2.75, 3.05) is 5.32 Å². The predicted octanol–water partition coefficient (Wildman–Crippen LogP) is 4.23. The summed E-state index contributed by atoms with van der Waals surface area (Å²) in [7, 11) is 0. The summed E-state index contributed by atoms with van der Waals surface area (Å²) in [5.74, 6) is -0.127. The van der Waals surface area contributed by atoms with E-state index in [-0.39, 0.29) is 5.91 Å². The highest BCUT2D eigenvalue weighted by molar-refractivity contribution is 6.04. The summed E-state index contributed by atoms with van der Waals surface area (Å²) in [6.07, 6.45) is 2.95. The molecule has 0 atom stereocenters. The third-order valence-electron chi connectivity index (χ3n) is 4.82. The molecule has 3 aromatic rings. The molecule has 0 unspecified atom stereocenters. The molecule has 0 saturated carbocycles. The van der Waals surface area contributed by atoms with Crippen molar-refractivity contribution in [1.82, 2.24) is 9.78 Å². The Labute approximate surface area is 147 Å². The van der Waals surface area contributed by atoms with Crippen molar-refractivity contribution in [3.8, 4) is 5.69 Å². The Morgan fingerprint density at radius 1 is 1.04 bits per heavy atom. The Kier molecular flexibility index (Phi) is 3.88. The predicted molar refractivity (Wildman–Crippen MR) is 99.5 cm³/mol.